The number of rotatable bonds is 6. The summed E-state index contributed by atoms with van der Waals surface area (Å²) in [6.07, 6.45) is 0.463. The van der Waals surface area contributed by atoms with Crippen LogP contribution in [-0.2, 0) is 16.0 Å². The van der Waals surface area contributed by atoms with Gasteiger partial charge in [-0.3, -0.25) is 14.9 Å². The van der Waals surface area contributed by atoms with Crippen molar-refractivity contribution in [2.75, 3.05) is 11.9 Å². The maximum absolute atomic E-state index is 12.1. The average molecular weight is 368 g/mol. The van der Waals surface area contributed by atoms with Gasteiger partial charge in [-0.1, -0.05) is 23.7 Å². The van der Waals surface area contributed by atoms with Crippen molar-refractivity contribution in [3.63, 3.8) is 0 Å². The third-order valence-electron chi connectivity index (χ3n) is 3.24. The second-order valence-electron chi connectivity index (χ2n) is 4.96. The molecule has 1 aromatic heterocycles. The first-order valence-corrected chi connectivity index (χ1v) is 7.57. The van der Waals surface area contributed by atoms with Gasteiger partial charge in [-0.05, 0) is 25.5 Å². The molecule has 0 unspecified atom stereocenters. The quantitative estimate of drug-likeness (QED) is 0.472. The van der Waals surface area contributed by atoms with Crippen LogP contribution in [0.4, 0.5) is 11.4 Å². The summed E-state index contributed by atoms with van der Waals surface area (Å²) in [5.74, 6) is -1.20. The molecule has 2 rings (SSSR count). The van der Waals surface area contributed by atoms with Crippen molar-refractivity contribution in [3.8, 4) is 0 Å². The lowest BCUT2D eigenvalue weighted by molar-refractivity contribution is -0.383. The van der Waals surface area contributed by atoms with E-state index in [9.17, 15) is 19.7 Å². The van der Waals surface area contributed by atoms with Crippen molar-refractivity contribution >= 4 is 34.9 Å². The molecular formula is C15H14ClN3O6. The second-order valence-corrected chi connectivity index (χ2v) is 5.39. The van der Waals surface area contributed by atoms with Gasteiger partial charge >= 0.3 is 5.97 Å². The number of benzene rings is 1. The van der Waals surface area contributed by atoms with Crippen molar-refractivity contribution < 1.29 is 23.8 Å². The minimum absolute atomic E-state index is 0.0501. The van der Waals surface area contributed by atoms with E-state index in [2.05, 4.69) is 10.5 Å². The molecule has 1 amide bonds. The van der Waals surface area contributed by atoms with Gasteiger partial charge in [-0.15, -0.1) is 0 Å². The van der Waals surface area contributed by atoms with Gasteiger partial charge in [-0.25, -0.2) is 4.79 Å². The Morgan fingerprint density at radius 2 is 2.16 bits per heavy atom. The maximum Gasteiger partial charge on any atom is 0.344 e. The van der Waals surface area contributed by atoms with Crippen molar-refractivity contribution in [1.82, 2.24) is 5.16 Å². The number of anilines is 1. The third kappa shape index (κ3) is 4.32. The molecule has 0 atom stereocenters. The van der Waals surface area contributed by atoms with Gasteiger partial charge < -0.3 is 14.6 Å². The molecule has 0 radical (unpaired) electrons. The summed E-state index contributed by atoms with van der Waals surface area (Å²) in [5, 5.41) is 17.2. The Morgan fingerprint density at radius 1 is 1.44 bits per heavy atom. The first kappa shape index (κ1) is 18.4. The fourth-order valence-corrected chi connectivity index (χ4v) is 2.24. The highest BCUT2D eigenvalue weighted by atomic mass is 35.5. The van der Waals surface area contributed by atoms with Gasteiger partial charge in [0.05, 0.1) is 10.6 Å². The average Bonchev–Trinajstić information content (AvgIpc) is 2.95. The summed E-state index contributed by atoms with van der Waals surface area (Å²) in [4.78, 5) is 34.3. The van der Waals surface area contributed by atoms with Gasteiger partial charge in [0.25, 0.3) is 11.6 Å². The van der Waals surface area contributed by atoms with Crippen molar-refractivity contribution in [3.05, 3.63) is 50.4 Å². The molecule has 0 spiro atoms. The molecule has 25 heavy (non-hydrogen) atoms. The normalized spacial score (nSPS) is 10.4. The third-order valence-corrected chi connectivity index (χ3v) is 3.47. The smallest absolute Gasteiger partial charge is 0.344 e. The number of amides is 1. The minimum atomic E-state index is -0.753. The molecule has 9 nitrogen and oxygen atoms in total. The van der Waals surface area contributed by atoms with Crippen LogP contribution >= 0.6 is 11.6 Å². The molecule has 10 heteroatoms. The van der Waals surface area contributed by atoms with Crippen LogP contribution in [0.3, 0.4) is 0 Å². The van der Waals surface area contributed by atoms with Gasteiger partial charge in [-0.2, -0.15) is 0 Å². The number of nitro groups is 1. The number of aromatic nitrogens is 1. The number of carbonyl (C=O) groups is 2. The topological polar surface area (TPSA) is 125 Å². The first-order valence-electron chi connectivity index (χ1n) is 7.19. The summed E-state index contributed by atoms with van der Waals surface area (Å²) in [7, 11) is 0. The number of hydrogen-bond acceptors (Lipinski definition) is 7. The van der Waals surface area contributed by atoms with E-state index in [-0.39, 0.29) is 27.7 Å². The first-order chi connectivity index (χ1) is 11.8. The van der Waals surface area contributed by atoms with E-state index in [0.717, 1.165) is 6.07 Å². The van der Waals surface area contributed by atoms with Crippen LogP contribution in [0.5, 0.6) is 0 Å². The lowest BCUT2D eigenvalue weighted by atomic mass is 10.1. The number of aryl methyl sites for hydroxylation is 2. The second kappa shape index (κ2) is 7.75. The maximum atomic E-state index is 12.1. The molecule has 0 aliphatic carbocycles. The SMILES string of the molecule is CCc1noc(C)c1C(=O)OCC(=O)Nc1ccc(Cl)cc1[N+](=O)[O-]. The number of esters is 1. The van der Waals surface area contributed by atoms with Crippen LogP contribution in [0.2, 0.25) is 5.02 Å². The van der Waals surface area contributed by atoms with E-state index in [1.54, 1.807) is 13.8 Å². The van der Waals surface area contributed by atoms with Gasteiger partial charge in [0.15, 0.2) is 6.61 Å². The van der Waals surface area contributed by atoms with Gasteiger partial charge in [0.2, 0.25) is 0 Å². The largest absolute Gasteiger partial charge is 0.452 e. The Balaban J connectivity index is 2.03. The van der Waals surface area contributed by atoms with E-state index in [1.165, 1.54) is 12.1 Å². The van der Waals surface area contributed by atoms with Crippen LogP contribution in [0.25, 0.3) is 0 Å². The number of carbonyl (C=O) groups excluding carboxylic acids is 2. The monoisotopic (exact) mass is 367 g/mol. The molecule has 0 fully saturated rings. The molecule has 0 bridgehead atoms. The Kier molecular flexibility index (Phi) is 5.71. The fourth-order valence-electron chi connectivity index (χ4n) is 2.07. The molecular weight excluding hydrogens is 354 g/mol. The number of ether oxygens (including phenoxy) is 1. The molecule has 1 N–H and O–H groups in total. The lowest BCUT2D eigenvalue weighted by Gasteiger charge is -2.07. The van der Waals surface area contributed by atoms with Crippen LogP contribution in [0.15, 0.2) is 22.7 Å². The highest BCUT2D eigenvalue weighted by Crippen LogP contribution is 2.27. The van der Waals surface area contributed by atoms with Crippen LogP contribution in [0.1, 0.15) is 28.7 Å². The molecule has 0 saturated heterocycles. The molecule has 2 aromatic rings. The zero-order valence-corrected chi connectivity index (χ0v) is 14.1. The lowest BCUT2D eigenvalue weighted by Crippen LogP contribution is -2.22. The Labute approximate surface area is 147 Å². The summed E-state index contributed by atoms with van der Waals surface area (Å²) >= 11 is 5.70. The van der Waals surface area contributed by atoms with E-state index >= 15 is 0 Å². The van der Waals surface area contributed by atoms with Crippen molar-refractivity contribution in [1.29, 1.82) is 0 Å². The fraction of sp³-hybridized carbons (Fsp3) is 0.267. The van der Waals surface area contributed by atoms with E-state index in [1.807, 2.05) is 0 Å². The summed E-state index contributed by atoms with van der Waals surface area (Å²) in [5.41, 5.74) is 0.185. The van der Waals surface area contributed by atoms with Gasteiger partial charge in [0.1, 0.15) is 17.0 Å². The van der Waals surface area contributed by atoms with E-state index < -0.39 is 23.4 Å². The van der Waals surface area contributed by atoms with Crippen LogP contribution < -0.4 is 5.32 Å². The van der Waals surface area contributed by atoms with Crippen LogP contribution in [-0.4, -0.2) is 28.6 Å². The van der Waals surface area contributed by atoms with Gasteiger partial charge in [0, 0.05) is 11.1 Å². The predicted octanol–water partition coefficient (Wildman–Crippen LogP) is 2.90. The zero-order valence-electron chi connectivity index (χ0n) is 13.4. The molecule has 1 heterocycles. The molecule has 0 aliphatic rings. The number of halogens is 1. The highest BCUT2D eigenvalue weighted by molar-refractivity contribution is 6.31. The standard InChI is InChI=1S/C15H14ClN3O6/c1-3-10-14(8(2)25-18-10)15(21)24-7-13(20)17-11-5-4-9(16)6-12(11)19(22)23/h4-6H,3,7H2,1-2H3,(H,17,20). The Morgan fingerprint density at radius 3 is 2.80 bits per heavy atom. The number of nitro benzene ring substituents is 1. The highest BCUT2D eigenvalue weighted by Gasteiger charge is 2.22. The molecule has 1 aromatic carbocycles. The van der Waals surface area contributed by atoms with Crippen molar-refractivity contribution in [2.45, 2.75) is 20.3 Å². The van der Waals surface area contributed by atoms with Crippen molar-refractivity contribution in [2.24, 2.45) is 0 Å². The minimum Gasteiger partial charge on any atom is -0.452 e. The Bertz CT molecular complexity index is 833. The zero-order chi connectivity index (χ0) is 18.6. The van der Waals surface area contributed by atoms with E-state index in [4.69, 9.17) is 20.9 Å². The summed E-state index contributed by atoms with van der Waals surface area (Å²) < 4.78 is 9.85. The molecule has 0 aliphatic heterocycles. The number of nitrogens with one attached hydrogen (secondary N) is 1. The van der Waals surface area contributed by atoms with E-state index in [0.29, 0.717) is 12.1 Å². The summed E-state index contributed by atoms with van der Waals surface area (Å²) in [6, 6.07) is 3.79. The molecule has 132 valence electrons. The molecule has 0 saturated carbocycles. The number of hydrogen-bond donors (Lipinski definition) is 1. The summed E-state index contributed by atoms with van der Waals surface area (Å²) in [6.45, 7) is 2.73. The van der Waals surface area contributed by atoms with Crippen LogP contribution in [0, 0.1) is 17.0 Å². The number of nitrogens with zero attached hydrogens (tertiary/aromatic N) is 2. The predicted molar refractivity (Wildman–Crippen MR) is 87.6 cm³/mol. The Hall–Kier alpha value is -2.94.